The van der Waals surface area contributed by atoms with Gasteiger partial charge >= 0.3 is 0 Å². The number of hydrogen-bond donors (Lipinski definition) is 1. The smallest absolute Gasteiger partial charge is 0.248 e. The Hall–Kier alpha value is -2.20. The van der Waals surface area contributed by atoms with Crippen molar-refractivity contribution in [3.8, 4) is 11.3 Å². The highest BCUT2D eigenvalue weighted by Gasteiger charge is 2.07. The topological polar surface area (TPSA) is 42.2 Å². The fourth-order valence-electron chi connectivity index (χ4n) is 2.17. The van der Waals surface area contributed by atoms with Crippen LogP contribution in [0.5, 0.6) is 0 Å². The number of amides is 1. The molecule has 0 radical (unpaired) electrons. The third-order valence-electron chi connectivity index (χ3n) is 3.35. The molecule has 3 nitrogen and oxygen atoms in total. The Labute approximate surface area is 159 Å². The van der Waals surface area contributed by atoms with Crippen molar-refractivity contribution in [2.45, 2.75) is 0 Å². The minimum Gasteiger partial charge on any atom is -0.457 e. The number of nitrogens with one attached hydrogen (secondary N) is 1. The Morgan fingerprint density at radius 3 is 2.52 bits per heavy atom. The van der Waals surface area contributed by atoms with E-state index in [0.717, 1.165) is 5.56 Å². The Kier molecular flexibility index (Phi) is 5.49. The van der Waals surface area contributed by atoms with Crippen LogP contribution in [0.4, 0.5) is 5.69 Å². The molecule has 0 aliphatic carbocycles. The van der Waals surface area contributed by atoms with Crippen molar-refractivity contribution >= 4 is 52.5 Å². The van der Waals surface area contributed by atoms with Gasteiger partial charge < -0.3 is 9.73 Å². The average Bonchev–Trinajstić information content (AvgIpc) is 3.05. The van der Waals surface area contributed by atoms with Gasteiger partial charge in [0.1, 0.15) is 11.5 Å². The van der Waals surface area contributed by atoms with Gasteiger partial charge in [-0.1, -0.05) is 46.9 Å². The molecule has 25 heavy (non-hydrogen) atoms. The van der Waals surface area contributed by atoms with E-state index < -0.39 is 0 Å². The van der Waals surface area contributed by atoms with Gasteiger partial charge in [0, 0.05) is 16.7 Å². The maximum Gasteiger partial charge on any atom is 0.248 e. The van der Waals surface area contributed by atoms with Crippen LogP contribution in [0, 0.1) is 0 Å². The molecular weight excluding hydrogens is 381 g/mol. The molecule has 126 valence electrons. The molecule has 0 atom stereocenters. The van der Waals surface area contributed by atoms with Crippen molar-refractivity contribution in [1.82, 2.24) is 0 Å². The van der Waals surface area contributed by atoms with Gasteiger partial charge in [-0.15, -0.1) is 0 Å². The van der Waals surface area contributed by atoms with Gasteiger partial charge in [0.05, 0.1) is 15.7 Å². The first-order chi connectivity index (χ1) is 12.0. The Bertz CT molecular complexity index is 947. The van der Waals surface area contributed by atoms with Gasteiger partial charge in [-0.2, -0.15) is 0 Å². The van der Waals surface area contributed by atoms with E-state index in [0.29, 0.717) is 32.3 Å². The maximum atomic E-state index is 12.0. The van der Waals surface area contributed by atoms with E-state index in [4.69, 9.17) is 39.2 Å². The first kappa shape index (κ1) is 17.6. The number of carbonyl (C=O) groups is 1. The van der Waals surface area contributed by atoms with E-state index >= 15 is 0 Å². The summed E-state index contributed by atoms with van der Waals surface area (Å²) in [5.41, 5.74) is 1.28. The summed E-state index contributed by atoms with van der Waals surface area (Å²) >= 11 is 18.0. The highest BCUT2D eigenvalue weighted by atomic mass is 35.5. The van der Waals surface area contributed by atoms with E-state index in [9.17, 15) is 4.79 Å². The van der Waals surface area contributed by atoms with E-state index in [1.54, 1.807) is 42.5 Å². The second-order valence-electron chi connectivity index (χ2n) is 5.13. The standard InChI is InChI=1S/C19H12Cl3NO2/c20-12-5-8-17(16(22)11-12)23-19(24)10-7-13-6-9-18(25-13)14-3-1-2-4-15(14)21/h1-11H,(H,23,24)/b10-7+. The molecule has 1 amide bonds. The van der Waals surface area contributed by atoms with Crippen LogP contribution in [0.15, 0.2) is 65.1 Å². The number of benzene rings is 2. The van der Waals surface area contributed by atoms with Crippen molar-refractivity contribution in [2.75, 3.05) is 5.32 Å². The van der Waals surface area contributed by atoms with E-state index in [2.05, 4.69) is 5.32 Å². The summed E-state index contributed by atoms with van der Waals surface area (Å²) in [6.45, 7) is 0. The van der Waals surface area contributed by atoms with Crippen LogP contribution >= 0.6 is 34.8 Å². The number of furan rings is 1. The molecule has 0 saturated carbocycles. The molecule has 0 unspecified atom stereocenters. The molecule has 6 heteroatoms. The van der Waals surface area contributed by atoms with Crippen LogP contribution < -0.4 is 5.32 Å². The van der Waals surface area contributed by atoms with Crippen molar-refractivity contribution < 1.29 is 9.21 Å². The third kappa shape index (κ3) is 4.45. The second-order valence-corrected chi connectivity index (χ2v) is 6.38. The first-order valence-electron chi connectivity index (χ1n) is 7.32. The zero-order valence-corrected chi connectivity index (χ0v) is 15.1. The number of halogens is 3. The molecule has 0 saturated heterocycles. The molecule has 0 aliphatic heterocycles. The molecule has 1 aromatic heterocycles. The highest BCUT2D eigenvalue weighted by molar-refractivity contribution is 6.36. The van der Waals surface area contributed by atoms with Gasteiger partial charge in [0.15, 0.2) is 0 Å². The molecule has 0 spiro atoms. The fraction of sp³-hybridized carbons (Fsp3) is 0. The molecule has 2 aromatic carbocycles. The van der Waals surface area contributed by atoms with Crippen molar-refractivity contribution in [3.63, 3.8) is 0 Å². The third-order valence-corrected chi connectivity index (χ3v) is 4.23. The minimum absolute atomic E-state index is 0.333. The molecule has 0 aliphatic rings. The zero-order valence-electron chi connectivity index (χ0n) is 12.8. The fourth-order valence-corrected chi connectivity index (χ4v) is 2.86. The van der Waals surface area contributed by atoms with Gasteiger partial charge in [-0.25, -0.2) is 0 Å². The summed E-state index contributed by atoms with van der Waals surface area (Å²) in [5.74, 6) is 0.832. The molecule has 0 bridgehead atoms. The normalized spacial score (nSPS) is 11.0. The monoisotopic (exact) mass is 391 g/mol. The quantitative estimate of drug-likeness (QED) is 0.511. The number of anilines is 1. The lowest BCUT2D eigenvalue weighted by atomic mass is 10.2. The van der Waals surface area contributed by atoms with E-state index in [1.807, 2.05) is 18.2 Å². The summed E-state index contributed by atoms with van der Waals surface area (Å²) < 4.78 is 5.70. The van der Waals surface area contributed by atoms with E-state index in [-0.39, 0.29) is 5.91 Å². The van der Waals surface area contributed by atoms with Gasteiger partial charge in [0.2, 0.25) is 5.91 Å². The minimum atomic E-state index is -0.333. The van der Waals surface area contributed by atoms with Crippen LogP contribution in [-0.2, 0) is 4.79 Å². The molecule has 1 heterocycles. The predicted octanol–water partition coefficient (Wildman–Crippen LogP) is 6.56. The van der Waals surface area contributed by atoms with Crippen LogP contribution in [-0.4, -0.2) is 5.91 Å². The van der Waals surface area contributed by atoms with Gasteiger partial charge in [0.25, 0.3) is 0 Å². The lowest BCUT2D eigenvalue weighted by Gasteiger charge is -2.04. The summed E-state index contributed by atoms with van der Waals surface area (Å²) in [4.78, 5) is 12.0. The van der Waals surface area contributed by atoms with Crippen LogP contribution in [0.1, 0.15) is 5.76 Å². The number of rotatable bonds is 4. The van der Waals surface area contributed by atoms with Crippen molar-refractivity contribution in [3.05, 3.63) is 81.5 Å². The van der Waals surface area contributed by atoms with Crippen molar-refractivity contribution in [2.24, 2.45) is 0 Å². The summed E-state index contributed by atoms with van der Waals surface area (Å²) in [5, 5.41) is 4.15. The molecule has 1 N–H and O–H groups in total. The van der Waals surface area contributed by atoms with Gasteiger partial charge in [-0.3, -0.25) is 4.79 Å². The maximum absolute atomic E-state index is 12.0. The largest absolute Gasteiger partial charge is 0.457 e. The lowest BCUT2D eigenvalue weighted by molar-refractivity contribution is -0.111. The average molecular weight is 393 g/mol. The van der Waals surface area contributed by atoms with Crippen LogP contribution in [0.25, 0.3) is 17.4 Å². The highest BCUT2D eigenvalue weighted by Crippen LogP contribution is 2.29. The Morgan fingerprint density at radius 2 is 1.76 bits per heavy atom. The molecule has 3 rings (SSSR count). The summed E-state index contributed by atoms with van der Waals surface area (Å²) in [6, 6.07) is 15.8. The predicted molar refractivity (Wildman–Crippen MR) is 103 cm³/mol. The number of carbonyl (C=O) groups excluding carboxylic acids is 1. The zero-order chi connectivity index (χ0) is 17.8. The first-order valence-corrected chi connectivity index (χ1v) is 8.45. The summed E-state index contributed by atoms with van der Waals surface area (Å²) in [6.07, 6.45) is 2.93. The van der Waals surface area contributed by atoms with Crippen molar-refractivity contribution in [1.29, 1.82) is 0 Å². The molecule has 3 aromatic rings. The van der Waals surface area contributed by atoms with Crippen LogP contribution in [0.2, 0.25) is 15.1 Å². The molecular formula is C19H12Cl3NO2. The second kappa shape index (κ2) is 7.79. The summed E-state index contributed by atoms with van der Waals surface area (Å²) in [7, 11) is 0. The Balaban J connectivity index is 1.70. The Morgan fingerprint density at radius 1 is 0.960 bits per heavy atom. The van der Waals surface area contributed by atoms with Gasteiger partial charge in [-0.05, 0) is 48.5 Å². The van der Waals surface area contributed by atoms with E-state index in [1.165, 1.54) is 6.08 Å². The lowest BCUT2D eigenvalue weighted by Crippen LogP contribution is -2.07. The van der Waals surface area contributed by atoms with Crippen LogP contribution in [0.3, 0.4) is 0 Å². The number of hydrogen-bond acceptors (Lipinski definition) is 2. The SMILES string of the molecule is O=C(/C=C/c1ccc(-c2ccccc2Cl)o1)Nc1ccc(Cl)cc1Cl. The molecule has 0 fully saturated rings.